The number of anilines is 1. The van der Waals surface area contributed by atoms with Crippen molar-refractivity contribution in [2.24, 2.45) is 0 Å². The number of nitrogens with one attached hydrogen (secondary N) is 1. The summed E-state index contributed by atoms with van der Waals surface area (Å²) in [7, 11) is 0. The Balaban J connectivity index is 2.19. The Labute approximate surface area is 117 Å². The molecule has 0 aliphatic carbocycles. The zero-order valence-electron chi connectivity index (χ0n) is 12.6. The van der Waals surface area contributed by atoms with Crippen LogP contribution >= 0.6 is 0 Å². The lowest BCUT2D eigenvalue weighted by Gasteiger charge is -2.29. The van der Waals surface area contributed by atoms with Crippen molar-refractivity contribution in [2.45, 2.75) is 59.0 Å². The van der Waals surface area contributed by atoms with Gasteiger partial charge in [0.05, 0.1) is 0 Å². The van der Waals surface area contributed by atoms with Crippen LogP contribution < -0.4 is 10.2 Å². The normalized spacial score (nSPS) is 20.4. The Morgan fingerprint density at radius 3 is 2.95 bits per heavy atom. The van der Waals surface area contributed by atoms with Crippen molar-refractivity contribution in [1.82, 2.24) is 10.3 Å². The lowest BCUT2D eigenvalue weighted by atomic mass is 10.1. The van der Waals surface area contributed by atoms with Gasteiger partial charge in [0.15, 0.2) is 0 Å². The smallest absolute Gasteiger partial charge is 0.129 e. The summed E-state index contributed by atoms with van der Waals surface area (Å²) >= 11 is 0. The Morgan fingerprint density at radius 2 is 2.16 bits per heavy atom. The van der Waals surface area contributed by atoms with E-state index in [1.807, 2.05) is 0 Å². The molecule has 2 heterocycles. The zero-order valence-corrected chi connectivity index (χ0v) is 12.6. The van der Waals surface area contributed by atoms with Crippen LogP contribution in [0.2, 0.25) is 0 Å². The highest BCUT2D eigenvalue weighted by Crippen LogP contribution is 2.23. The summed E-state index contributed by atoms with van der Waals surface area (Å²) in [5.74, 6) is 1.17. The molecular formula is C16H27N3. The van der Waals surface area contributed by atoms with E-state index in [1.54, 1.807) is 0 Å². The summed E-state index contributed by atoms with van der Waals surface area (Å²) < 4.78 is 0. The molecule has 3 heteroatoms. The van der Waals surface area contributed by atoms with Gasteiger partial charge in [-0.15, -0.1) is 0 Å². The maximum absolute atomic E-state index is 4.76. The lowest BCUT2D eigenvalue weighted by molar-refractivity contribution is 0.610. The van der Waals surface area contributed by atoms with Gasteiger partial charge in [-0.2, -0.15) is 0 Å². The SMILES string of the molecule is CCNCc1cc(C)nc(N2CCCCCC2C)c1. The van der Waals surface area contributed by atoms with Gasteiger partial charge in [0.25, 0.3) is 0 Å². The molecule has 2 rings (SSSR count). The van der Waals surface area contributed by atoms with Crippen LogP contribution in [0.25, 0.3) is 0 Å². The number of hydrogen-bond donors (Lipinski definition) is 1. The second-order valence-corrected chi connectivity index (χ2v) is 5.65. The maximum atomic E-state index is 4.76. The van der Waals surface area contributed by atoms with Crippen molar-refractivity contribution >= 4 is 5.82 Å². The summed E-state index contributed by atoms with van der Waals surface area (Å²) in [6.45, 7) is 9.68. The molecule has 0 spiro atoms. The highest BCUT2D eigenvalue weighted by atomic mass is 15.2. The van der Waals surface area contributed by atoms with Crippen LogP contribution in [0.3, 0.4) is 0 Å². The molecule has 0 saturated carbocycles. The van der Waals surface area contributed by atoms with Crippen molar-refractivity contribution in [3.05, 3.63) is 23.4 Å². The molecule has 1 aliphatic heterocycles. The fourth-order valence-electron chi connectivity index (χ4n) is 2.85. The Bertz CT molecular complexity index is 403. The minimum absolute atomic E-state index is 0.615. The monoisotopic (exact) mass is 261 g/mol. The van der Waals surface area contributed by atoms with E-state index >= 15 is 0 Å². The number of aromatic nitrogens is 1. The van der Waals surface area contributed by atoms with Crippen molar-refractivity contribution < 1.29 is 0 Å². The Kier molecular flexibility index (Phi) is 5.20. The molecule has 106 valence electrons. The van der Waals surface area contributed by atoms with E-state index in [-0.39, 0.29) is 0 Å². The molecule has 0 aromatic carbocycles. The minimum atomic E-state index is 0.615. The largest absolute Gasteiger partial charge is 0.354 e. The van der Waals surface area contributed by atoms with Crippen LogP contribution in [0, 0.1) is 6.92 Å². The predicted octanol–water partition coefficient (Wildman–Crippen LogP) is 3.27. The van der Waals surface area contributed by atoms with E-state index in [0.717, 1.165) is 25.3 Å². The summed E-state index contributed by atoms with van der Waals surface area (Å²) in [5, 5.41) is 3.40. The van der Waals surface area contributed by atoms with E-state index in [9.17, 15) is 0 Å². The van der Waals surface area contributed by atoms with Gasteiger partial charge in [-0.05, 0) is 50.9 Å². The van der Waals surface area contributed by atoms with Gasteiger partial charge < -0.3 is 10.2 Å². The number of nitrogens with zero attached hydrogens (tertiary/aromatic N) is 2. The van der Waals surface area contributed by atoms with Gasteiger partial charge >= 0.3 is 0 Å². The first kappa shape index (κ1) is 14.3. The molecular weight excluding hydrogens is 234 g/mol. The molecule has 1 unspecified atom stereocenters. The van der Waals surface area contributed by atoms with E-state index in [1.165, 1.54) is 37.1 Å². The number of hydrogen-bond acceptors (Lipinski definition) is 3. The second-order valence-electron chi connectivity index (χ2n) is 5.65. The number of aryl methyl sites for hydroxylation is 1. The van der Waals surface area contributed by atoms with Gasteiger partial charge in [-0.1, -0.05) is 19.8 Å². The van der Waals surface area contributed by atoms with Crippen molar-refractivity contribution in [1.29, 1.82) is 0 Å². The van der Waals surface area contributed by atoms with E-state index in [2.05, 4.69) is 43.1 Å². The predicted molar refractivity (Wildman–Crippen MR) is 81.6 cm³/mol. The van der Waals surface area contributed by atoms with Crippen LogP contribution in [0.15, 0.2) is 12.1 Å². The molecule has 19 heavy (non-hydrogen) atoms. The van der Waals surface area contributed by atoms with Crippen LogP contribution in [0.4, 0.5) is 5.82 Å². The molecule has 0 radical (unpaired) electrons. The van der Waals surface area contributed by atoms with Crippen molar-refractivity contribution in [3.63, 3.8) is 0 Å². The third-order valence-corrected chi connectivity index (χ3v) is 3.93. The first-order valence-corrected chi connectivity index (χ1v) is 7.65. The first-order valence-electron chi connectivity index (χ1n) is 7.65. The minimum Gasteiger partial charge on any atom is -0.354 e. The van der Waals surface area contributed by atoms with Crippen molar-refractivity contribution in [2.75, 3.05) is 18.0 Å². The third kappa shape index (κ3) is 3.93. The van der Waals surface area contributed by atoms with Crippen LogP contribution in [-0.4, -0.2) is 24.1 Å². The van der Waals surface area contributed by atoms with Gasteiger partial charge in [-0.25, -0.2) is 4.98 Å². The molecule has 1 aromatic rings. The van der Waals surface area contributed by atoms with Crippen LogP contribution in [0.1, 0.15) is 50.8 Å². The number of rotatable bonds is 4. The Hall–Kier alpha value is -1.09. The van der Waals surface area contributed by atoms with Crippen LogP contribution in [-0.2, 0) is 6.54 Å². The molecule has 1 N–H and O–H groups in total. The topological polar surface area (TPSA) is 28.2 Å². The second kappa shape index (κ2) is 6.90. The molecule has 0 amide bonds. The van der Waals surface area contributed by atoms with Gasteiger partial charge in [0.1, 0.15) is 5.82 Å². The first-order chi connectivity index (χ1) is 9.20. The zero-order chi connectivity index (χ0) is 13.7. The molecule has 1 aliphatic rings. The standard InChI is InChI=1S/C16H27N3/c1-4-17-12-15-10-13(2)18-16(11-15)19-9-7-5-6-8-14(19)3/h10-11,14,17H,4-9,12H2,1-3H3. The van der Waals surface area contributed by atoms with Crippen LogP contribution in [0.5, 0.6) is 0 Å². The molecule has 1 atom stereocenters. The van der Waals surface area contributed by atoms with Gasteiger partial charge in [0.2, 0.25) is 0 Å². The quantitative estimate of drug-likeness (QED) is 0.901. The fourth-order valence-corrected chi connectivity index (χ4v) is 2.85. The molecule has 1 saturated heterocycles. The molecule has 1 aromatic heterocycles. The van der Waals surface area contributed by atoms with Crippen molar-refractivity contribution in [3.8, 4) is 0 Å². The molecule has 0 bridgehead atoms. The average molecular weight is 261 g/mol. The third-order valence-electron chi connectivity index (χ3n) is 3.93. The Morgan fingerprint density at radius 1 is 1.32 bits per heavy atom. The summed E-state index contributed by atoms with van der Waals surface area (Å²) in [6.07, 6.45) is 5.30. The van der Waals surface area contributed by atoms with Gasteiger partial charge in [-0.3, -0.25) is 0 Å². The number of pyridine rings is 1. The summed E-state index contributed by atoms with van der Waals surface area (Å²) in [5.41, 5.74) is 2.47. The maximum Gasteiger partial charge on any atom is 0.129 e. The van der Waals surface area contributed by atoms with E-state index in [0.29, 0.717) is 6.04 Å². The van der Waals surface area contributed by atoms with Gasteiger partial charge in [0, 0.05) is 24.8 Å². The summed E-state index contributed by atoms with van der Waals surface area (Å²) in [4.78, 5) is 7.25. The molecule has 3 nitrogen and oxygen atoms in total. The molecule has 1 fully saturated rings. The lowest BCUT2D eigenvalue weighted by Crippen LogP contribution is -2.33. The highest BCUT2D eigenvalue weighted by molar-refractivity contribution is 5.43. The fraction of sp³-hybridized carbons (Fsp3) is 0.688. The summed E-state index contributed by atoms with van der Waals surface area (Å²) in [6, 6.07) is 5.07. The highest BCUT2D eigenvalue weighted by Gasteiger charge is 2.18. The van der Waals surface area contributed by atoms with E-state index < -0.39 is 0 Å². The van der Waals surface area contributed by atoms with E-state index in [4.69, 9.17) is 4.98 Å². The average Bonchev–Trinajstić information content (AvgIpc) is 2.60.